The van der Waals surface area contributed by atoms with Crippen molar-refractivity contribution in [2.45, 2.75) is 65.2 Å². The van der Waals surface area contributed by atoms with Crippen molar-refractivity contribution in [1.82, 2.24) is 5.32 Å². The molecule has 0 rings (SSSR count). The summed E-state index contributed by atoms with van der Waals surface area (Å²) in [5, 5.41) is 22.4. The molecule has 0 spiro atoms. The molecule has 110 valence electrons. The molecule has 0 heterocycles. The second kappa shape index (κ2) is 8.86. The summed E-state index contributed by atoms with van der Waals surface area (Å²) in [6.45, 7) is 11.4. The molecule has 0 saturated heterocycles. The minimum atomic E-state index is -0.526. The third kappa shape index (κ3) is 8.86. The topological polar surface area (TPSA) is 61.7 Å². The third-order valence-corrected chi connectivity index (χ3v) is 3.22. The number of aliphatic hydroxyl groups is 2. The van der Waals surface area contributed by atoms with Crippen LogP contribution < -0.4 is 5.32 Å². The molecule has 3 N–H and O–H groups in total. The maximum atomic E-state index is 9.73. The quantitative estimate of drug-likeness (QED) is 0.522. The Bertz CT molecular complexity index is 205. The average molecular weight is 261 g/mol. The Balaban J connectivity index is 3.57. The molecule has 0 fully saturated rings. The maximum Gasteiger partial charge on any atom is 0.0897 e. The third-order valence-electron chi connectivity index (χ3n) is 3.22. The molecular formula is C14H31NO3. The molecule has 18 heavy (non-hydrogen) atoms. The van der Waals surface area contributed by atoms with Crippen molar-refractivity contribution in [2.24, 2.45) is 5.92 Å². The lowest BCUT2D eigenvalue weighted by atomic mass is 9.99. The van der Waals surface area contributed by atoms with Crippen molar-refractivity contribution >= 4 is 0 Å². The smallest absolute Gasteiger partial charge is 0.0897 e. The molecule has 0 aromatic rings. The lowest BCUT2D eigenvalue weighted by Crippen LogP contribution is -2.51. The van der Waals surface area contributed by atoms with Crippen LogP contribution in [0, 0.1) is 5.92 Å². The first-order valence-corrected chi connectivity index (χ1v) is 6.94. The monoisotopic (exact) mass is 261 g/mol. The van der Waals surface area contributed by atoms with Crippen LogP contribution in [-0.2, 0) is 4.74 Å². The van der Waals surface area contributed by atoms with Crippen molar-refractivity contribution in [3.8, 4) is 0 Å². The average Bonchev–Trinajstić information content (AvgIpc) is 2.25. The van der Waals surface area contributed by atoms with Crippen LogP contribution in [0.15, 0.2) is 0 Å². The van der Waals surface area contributed by atoms with Crippen LogP contribution in [0.25, 0.3) is 0 Å². The number of β-amino-alcohol motifs (C(OH)–C–C–N with tert-alkyl or cyclic N) is 1. The fraction of sp³-hybridized carbons (Fsp3) is 1.00. The summed E-state index contributed by atoms with van der Waals surface area (Å²) in [5.74, 6) is 0.701. The van der Waals surface area contributed by atoms with Crippen LogP contribution in [0.5, 0.6) is 0 Å². The highest BCUT2D eigenvalue weighted by Gasteiger charge is 2.23. The SMILES string of the molecule is CC(C)CCCOCC(O)CNC(C)(C)C(C)O. The lowest BCUT2D eigenvalue weighted by molar-refractivity contribution is 0.0231. The molecule has 4 nitrogen and oxygen atoms in total. The van der Waals surface area contributed by atoms with Crippen molar-refractivity contribution < 1.29 is 14.9 Å². The van der Waals surface area contributed by atoms with Crippen LogP contribution in [-0.4, -0.2) is 47.7 Å². The number of nitrogens with one attached hydrogen (secondary N) is 1. The van der Waals surface area contributed by atoms with Crippen molar-refractivity contribution in [3.63, 3.8) is 0 Å². The van der Waals surface area contributed by atoms with E-state index >= 15 is 0 Å². The first-order chi connectivity index (χ1) is 8.25. The Morgan fingerprint density at radius 2 is 1.78 bits per heavy atom. The van der Waals surface area contributed by atoms with Gasteiger partial charge in [-0.2, -0.15) is 0 Å². The largest absolute Gasteiger partial charge is 0.392 e. The number of ether oxygens (including phenoxy) is 1. The minimum Gasteiger partial charge on any atom is -0.392 e. The summed E-state index contributed by atoms with van der Waals surface area (Å²) in [6, 6.07) is 0. The van der Waals surface area contributed by atoms with E-state index in [0.717, 1.165) is 12.8 Å². The van der Waals surface area contributed by atoms with E-state index in [1.165, 1.54) is 0 Å². The van der Waals surface area contributed by atoms with Gasteiger partial charge in [0.05, 0.1) is 18.8 Å². The fourth-order valence-corrected chi connectivity index (χ4v) is 1.40. The van der Waals surface area contributed by atoms with Crippen molar-refractivity contribution in [1.29, 1.82) is 0 Å². The van der Waals surface area contributed by atoms with Gasteiger partial charge in [0.2, 0.25) is 0 Å². The normalized spacial score (nSPS) is 16.0. The summed E-state index contributed by atoms with van der Waals surface area (Å²) in [4.78, 5) is 0. The predicted molar refractivity (Wildman–Crippen MR) is 74.7 cm³/mol. The van der Waals surface area contributed by atoms with E-state index in [0.29, 0.717) is 25.7 Å². The molecule has 0 aromatic heterocycles. The molecule has 0 aliphatic rings. The zero-order valence-electron chi connectivity index (χ0n) is 12.6. The summed E-state index contributed by atoms with van der Waals surface area (Å²) in [7, 11) is 0. The number of hydrogen-bond acceptors (Lipinski definition) is 4. The van der Waals surface area contributed by atoms with Gasteiger partial charge in [0.1, 0.15) is 0 Å². The highest BCUT2D eigenvalue weighted by Crippen LogP contribution is 2.08. The molecule has 2 unspecified atom stereocenters. The van der Waals surface area contributed by atoms with E-state index < -0.39 is 17.7 Å². The van der Waals surface area contributed by atoms with Gasteiger partial charge in [0.15, 0.2) is 0 Å². The van der Waals surface area contributed by atoms with E-state index in [4.69, 9.17) is 4.74 Å². The van der Waals surface area contributed by atoms with E-state index in [1.807, 2.05) is 13.8 Å². The number of aliphatic hydroxyl groups excluding tert-OH is 2. The summed E-state index contributed by atoms with van der Waals surface area (Å²) < 4.78 is 5.42. The molecule has 0 amide bonds. The molecule has 0 aliphatic carbocycles. The highest BCUT2D eigenvalue weighted by atomic mass is 16.5. The molecule has 0 bridgehead atoms. The molecule has 0 aliphatic heterocycles. The molecule has 2 atom stereocenters. The molecule has 0 aromatic carbocycles. The first kappa shape index (κ1) is 17.8. The summed E-state index contributed by atoms with van der Waals surface area (Å²) >= 11 is 0. The Hall–Kier alpha value is -0.160. The van der Waals surface area contributed by atoms with Crippen LogP contribution >= 0.6 is 0 Å². The van der Waals surface area contributed by atoms with E-state index in [9.17, 15) is 10.2 Å². The van der Waals surface area contributed by atoms with Crippen molar-refractivity contribution in [3.05, 3.63) is 0 Å². The number of hydrogen-bond donors (Lipinski definition) is 3. The van der Waals surface area contributed by atoms with Crippen LogP contribution in [0.2, 0.25) is 0 Å². The first-order valence-electron chi connectivity index (χ1n) is 6.94. The Labute approximate surface area is 112 Å². The van der Waals surface area contributed by atoms with E-state index in [2.05, 4.69) is 19.2 Å². The van der Waals surface area contributed by atoms with Gasteiger partial charge in [-0.15, -0.1) is 0 Å². The zero-order valence-corrected chi connectivity index (χ0v) is 12.6. The van der Waals surface area contributed by atoms with Gasteiger partial charge >= 0.3 is 0 Å². The molecule has 4 heteroatoms. The molecular weight excluding hydrogens is 230 g/mol. The Kier molecular flexibility index (Phi) is 8.78. The molecule has 0 saturated carbocycles. The van der Waals surface area contributed by atoms with Crippen LogP contribution in [0.1, 0.15) is 47.5 Å². The summed E-state index contributed by atoms with van der Waals surface area (Å²) in [6.07, 6.45) is 1.21. The predicted octanol–water partition coefficient (Wildman–Crippen LogP) is 1.55. The van der Waals surface area contributed by atoms with Gasteiger partial charge in [-0.3, -0.25) is 0 Å². The van der Waals surface area contributed by atoms with Crippen molar-refractivity contribution in [2.75, 3.05) is 19.8 Å². The fourth-order valence-electron chi connectivity index (χ4n) is 1.40. The zero-order chi connectivity index (χ0) is 14.2. The van der Waals surface area contributed by atoms with Gasteiger partial charge in [-0.25, -0.2) is 0 Å². The van der Waals surface area contributed by atoms with Crippen LogP contribution in [0.3, 0.4) is 0 Å². The van der Waals surface area contributed by atoms with Gasteiger partial charge in [0.25, 0.3) is 0 Å². The van der Waals surface area contributed by atoms with E-state index in [1.54, 1.807) is 6.92 Å². The second-order valence-corrected chi connectivity index (χ2v) is 6.04. The van der Waals surface area contributed by atoms with Gasteiger partial charge in [-0.1, -0.05) is 13.8 Å². The second-order valence-electron chi connectivity index (χ2n) is 6.04. The van der Waals surface area contributed by atoms with Gasteiger partial charge in [0, 0.05) is 18.7 Å². The van der Waals surface area contributed by atoms with Crippen LogP contribution in [0.4, 0.5) is 0 Å². The Morgan fingerprint density at radius 3 is 2.28 bits per heavy atom. The summed E-state index contributed by atoms with van der Waals surface area (Å²) in [5.41, 5.74) is -0.390. The van der Waals surface area contributed by atoms with E-state index in [-0.39, 0.29) is 0 Å². The van der Waals surface area contributed by atoms with Gasteiger partial charge in [-0.05, 0) is 39.5 Å². The van der Waals surface area contributed by atoms with Gasteiger partial charge < -0.3 is 20.3 Å². The molecule has 0 radical (unpaired) electrons. The minimum absolute atomic E-state index is 0.348. The Morgan fingerprint density at radius 1 is 1.17 bits per heavy atom. The standard InChI is InChI=1S/C14H31NO3/c1-11(2)7-6-8-18-10-13(17)9-15-14(4,5)12(3)16/h11-13,15-17H,6-10H2,1-5H3. The maximum absolute atomic E-state index is 9.73. The number of rotatable bonds is 10. The lowest BCUT2D eigenvalue weighted by Gasteiger charge is -2.30. The highest BCUT2D eigenvalue weighted by molar-refractivity contribution is 4.83.